The molecule has 0 aliphatic carbocycles. The maximum absolute atomic E-state index is 4.93. The Hall–Kier alpha value is -0.300. The monoisotopic (exact) mass is 119 g/mol. The Balaban J connectivity index is 2.97. The second kappa shape index (κ2) is 3.88. The summed E-state index contributed by atoms with van der Waals surface area (Å²) in [5, 5.41) is 6.41. The fraction of sp³-hybridized carbons (Fsp3) is 0.667. The molecule has 3 nitrogen and oxygen atoms in total. The molecule has 0 radical (unpaired) electrons. The summed E-state index contributed by atoms with van der Waals surface area (Å²) in [5.74, 6) is 0. The minimum Gasteiger partial charge on any atom is -0.388 e. The highest BCUT2D eigenvalue weighted by atomic mass is 31.1. The molecule has 0 atom stereocenters. The Bertz CT molecular complexity index is 61.2. The Kier molecular flexibility index (Phi) is 3.71. The Labute approximate surface area is 44.8 Å². The SMILES string of the molecule is CP(C)N/N=C\N. The zero-order valence-corrected chi connectivity index (χ0v) is 5.44. The molecule has 0 rings (SSSR count). The van der Waals surface area contributed by atoms with Crippen molar-refractivity contribution in [1.82, 2.24) is 5.20 Å². The van der Waals surface area contributed by atoms with E-state index < -0.39 is 0 Å². The smallest absolute Gasteiger partial charge is 0.106 e. The lowest BCUT2D eigenvalue weighted by molar-refractivity contribution is 1.10. The lowest BCUT2D eigenvalue weighted by Crippen LogP contribution is -1.99. The van der Waals surface area contributed by atoms with Gasteiger partial charge in [-0.2, -0.15) is 5.10 Å². The summed E-state index contributed by atoms with van der Waals surface area (Å²) in [5.41, 5.74) is 4.93. The average molecular weight is 119 g/mol. The van der Waals surface area contributed by atoms with Crippen LogP contribution in [0.5, 0.6) is 0 Å². The molecule has 0 aromatic carbocycles. The van der Waals surface area contributed by atoms with E-state index in [9.17, 15) is 0 Å². The minimum atomic E-state index is -0.134. The van der Waals surface area contributed by atoms with Crippen LogP contribution in [0.2, 0.25) is 0 Å². The zero-order chi connectivity index (χ0) is 5.70. The third kappa shape index (κ3) is 5.70. The highest BCUT2D eigenvalue weighted by Gasteiger charge is 1.80. The number of nitrogens with one attached hydrogen (secondary N) is 1. The Morgan fingerprint density at radius 3 is 2.43 bits per heavy atom. The third-order valence-corrected chi connectivity index (χ3v) is 0.848. The van der Waals surface area contributed by atoms with E-state index in [0.29, 0.717) is 0 Å². The van der Waals surface area contributed by atoms with Gasteiger partial charge in [0, 0.05) is 8.07 Å². The van der Waals surface area contributed by atoms with Crippen molar-refractivity contribution in [3.05, 3.63) is 0 Å². The summed E-state index contributed by atoms with van der Waals surface area (Å²) in [6.07, 6.45) is 1.25. The van der Waals surface area contributed by atoms with Crippen LogP contribution >= 0.6 is 8.07 Å². The number of hydrogen-bond acceptors (Lipinski definition) is 2. The van der Waals surface area contributed by atoms with Gasteiger partial charge in [0.25, 0.3) is 0 Å². The van der Waals surface area contributed by atoms with Gasteiger partial charge in [-0.1, -0.05) is 0 Å². The minimum absolute atomic E-state index is 0.134. The molecule has 0 unspecified atom stereocenters. The lowest BCUT2D eigenvalue weighted by Gasteiger charge is -1.99. The largest absolute Gasteiger partial charge is 0.388 e. The van der Waals surface area contributed by atoms with Gasteiger partial charge in [0.05, 0.1) is 0 Å². The van der Waals surface area contributed by atoms with Crippen LogP contribution in [0.25, 0.3) is 0 Å². The van der Waals surface area contributed by atoms with E-state index in [1.807, 2.05) is 0 Å². The van der Waals surface area contributed by atoms with Gasteiger partial charge in [-0.05, 0) is 13.3 Å². The van der Waals surface area contributed by atoms with Crippen LogP contribution in [-0.2, 0) is 0 Å². The van der Waals surface area contributed by atoms with Crippen LogP contribution in [-0.4, -0.2) is 19.7 Å². The summed E-state index contributed by atoms with van der Waals surface area (Å²) in [7, 11) is -0.134. The van der Waals surface area contributed by atoms with Crippen molar-refractivity contribution in [3.63, 3.8) is 0 Å². The highest BCUT2D eigenvalue weighted by Crippen LogP contribution is 2.15. The summed E-state index contributed by atoms with van der Waals surface area (Å²) in [6, 6.07) is 0. The van der Waals surface area contributed by atoms with Crippen molar-refractivity contribution in [2.45, 2.75) is 0 Å². The number of nitrogens with zero attached hydrogens (tertiary/aromatic N) is 1. The van der Waals surface area contributed by atoms with Crippen molar-refractivity contribution in [2.24, 2.45) is 10.8 Å². The van der Waals surface area contributed by atoms with E-state index in [1.54, 1.807) is 0 Å². The normalized spacial score (nSPS) is 10.7. The van der Waals surface area contributed by atoms with Gasteiger partial charge in [-0.15, -0.1) is 0 Å². The van der Waals surface area contributed by atoms with E-state index in [0.717, 1.165) is 0 Å². The molecule has 4 heteroatoms. The molecule has 0 aromatic heterocycles. The topological polar surface area (TPSA) is 50.4 Å². The summed E-state index contributed by atoms with van der Waals surface area (Å²) in [6.45, 7) is 4.12. The molecule has 0 bridgehead atoms. The molecule has 0 saturated heterocycles. The molecule has 0 fully saturated rings. The van der Waals surface area contributed by atoms with E-state index in [-0.39, 0.29) is 8.07 Å². The Morgan fingerprint density at radius 1 is 1.71 bits per heavy atom. The van der Waals surface area contributed by atoms with Crippen LogP contribution in [0.4, 0.5) is 0 Å². The van der Waals surface area contributed by atoms with Crippen LogP contribution < -0.4 is 10.9 Å². The van der Waals surface area contributed by atoms with Crippen LogP contribution in [0.3, 0.4) is 0 Å². The standard InChI is InChI=1S/C3H10N3P/c1-7(2)6-5-3-4/h3,6H,1-2H3,(H2,4,5). The molecule has 0 aliphatic rings. The van der Waals surface area contributed by atoms with Gasteiger partial charge < -0.3 is 5.73 Å². The fourth-order valence-corrected chi connectivity index (χ4v) is 0.446. The Morgan fingerprint density at radius 2 is 2.29 bits per heavy atom. The van der Waals surface area contributed by atoms with Gasteiger partial charge in [-0.25, -0.2) is 0 Å². The predicted octanol–water partition coefficient (Wildman–Crippen LogP) is 0.135. The molecule has 3 N–H and O–H groups in total. The number of nitrogens with two attached hydrogens (primary N) is 1. The second-order valence-electron chi connectivity index (χ2n) is 1.27. The van der Waals surface area contributed by atoms with Crippen LogP contribution in [0.1, 0.15) is 0 Å². The number of hydrazone groups is 1. The number of hydrogen-bond donors (Lipinski definition) is 2. The quantitative estimate of drug-likeness (QED) is 0.235. The maximum Gasteiger partial charge on any atom is 0.106 e. The summed E-state index contributed by atoms with van der Waals surface area (Å²) < 4.78 is 0. The summed E-state index contributed by atoms with van der Waals surface area (Å²) in [4.78, 5) is 0. The van der Waals surface area contributed by atoms with E-state index in [2.05, 4.69) is 23.6 Å². The predicted molar refractivity (Wildman–Crippen MR) is 34.6 cm³/mol. The van der Waals surface area contributed by atoms with Crippen molar-refractivity contribution in [3.8, 4) is 0 Å². The second-order valence-corrected chi connectivity index (χ2v) is 3.26. The zero-order valence-electron chi connectivity index (χ0n) is 4.55. The fourth-order valence-electron chi connectivity index (χ4n) is 0.149. The molecular weight excluding hydrogens is 109 g/mol. The van der Waals surface area contributed by atoms with Crippen LogP contribution in [0.15, 0.2) is 5.10 Å². The first kappa shape index (κ1) is 6.70. The molecule has 7 heavy (non-hydrogen) atoms. The van der Waals surface area contributed by atoms with Crippen molar-refractivity contribution < 1.29 is 0 Å². The number of rotatable bonds is 2. The first-order valence-electron chi connectivity index (χ1n) is 1.93. The first-order valence-corrected chi connectivity index (χ1v) is 4.17. The van der Waals surface area contributed by atoms with E-state index >= 15 is 0 Å². The average Bonchev–Trinajstić information content (AvgIpc) is 1.61. The maximum atomic E-state index is 4.93. The van der Waals surface area contributed by atoms with Gasteiger partial charge in [0.1, 0.15) is 6.34 Å². The molecule has 42 valence electrons. The first-order chi connectivity index (χ1) is 3.27. The highest BCUT2D eigenvalue weighted by molar-refractivity contribution is 7.53. The molecule has 0 aliphatic heterocycles. The van der Waals surface area contributed by atoms with E-state index in [1.165, 1.54) is 6.34 Å². The van der Waals surface area contributed by atoms with Gasteiger partial charge in [0.2, 0.25) is 0 Å². The van der Waals surface area contributed by atoms with E-state index in [4.69, 9.17) is 5.73 Å². The van der Waals surface area contributed by atoms with Crippen molar-refractivity contribution in [2.75, 3.05) is 13.3 Å². The molecule has 0 aromatic rings. The van der Waals surface area contributed by atoms with Gasteiger partial charge in [-0.3, -0.25) is 5.20 Å². The molecule has 0 heterocycles. The summed E-state index contributed by atoms with van der Waals surface area (Å²) >= 11 is 0. The van der Waals surface area contributed by atoms with Gasteiger partial charge in [0.15, 0.2) is 0 Å². The lowest BCUT2D eigenvalue weighted by atomic mass is 11.4. The third-order valence-electron chi connectivity index (χ3n) is 0.332. The van der Waals surface area contributed by atoms with Crippen molar-refractivity contribution >= 4 is 14.4 Å². The molecule has 0 saturated carbocycles. The van der Waals surface area contributed by atoms with Crippen LogP contribution in [0, 0.1) is 0 Å². The molecular formula is C3H10N3P. The van der Waals surface area contributed by atoms with Gasteiger partial charge >= 0.3 is 0 Å². The van der Waals surface area contributed by atoms with Crippen molar-refractivity contribution in [1.29, 1.82) is 0 Å². The molecule has 0 amide bonds. The molecule has 0 spiro atoms.